The van der Waals surface area contributed by atoms with E-state index in [0.29, 0.717) is 5.92 Å². The van der Waals surface area contributed by atoms with E-state index in [2.05, 4.69) is 49.7 Å². The smallest absolute Gasteiger partial charge is 0.119 e. The number of methoxy groups -OCH3 is 1. The lowest BCUT2D eigenvalue weighted by Crippen LogP contribution is -2.48. The van der Waals surface area contributed by atoms with Crippen LogP contribution in [-0.2, 0) is 0 Å². The molecule has 1 aliphatic rings. The van der Waals surface area contributed by atoms with Gasteiger partial charge in [-0.05, 0) is 75.1 Å². The topological polar surface area (TPSA) is 24.8 Å². The van der Waals surface area contributed by atoms with Gasteiger partial charge in [0.15, 0.2) is 0 Å². The molecule has 1 atom stereocenters. The standard InChI is InChI=1S/C22H27ClN2O/c1-6-25-21-12-20(23)16(11-19(21)15(2)13-22(25,3)4)14-24-17-7-9-18(26-5)10-8-17/h7-12,14-15H,6,13H2,1-5H3. The number of benzene rings is 2. The van der Waals surface area contributed by atoms with Gasteiger partial charge in [0.1, 0.15) is 5.75 Å². The Morgan fingerprint density at radius 3 is 2.58 bits per heavy atom. The van der Waals surface area contributed by atoms with E-state index in [9.17, 15) is 0 Å². The first-order valence-corrected chi connectivity index (χ1v) is 9.52. The number of hydrogen-bond acceptors (Lipinski definition) is 3. The molecule has 138 valence electrons. The molecule has 0 aromatic heterocycles. The summed E-state index contributed by atoms with van der Waals surface area (Å²) >= 11 is 6.60. The summed E-state index contributed by atoms with van der Waals surface area (Å²) in [4.78, 5) is 7.03. The van der Waals surface area contributed by atoms with Crippen LogP contribution in [0.4, 0.5) is 11.4 Å². The number of anilines is 1. The quantitative estimate of drug-likeness (QED) is 0.597. The number of ether oxygens (including phenoxy) is 1. The van der Waals surface area contributed by atoms with Crippen molar-refractivity contribution in [1.29, 1.82) is 0 Å². The zero-order chi connectivity index (χ0) is 18.9. The number of hydrogen-bond donors (Lipinski definition) is 0. The second-order valence-electron chi connectivity index (χ2n) is 7.55. The van der Waals surface area contributed by atoms with E-state index in [-0.39, 0.29) is 5.54 Å². The molecule has 26 heavy (non-hydrogen) atoms. The summed E-state index contributed by atoms with van der Waals surface area (Å²) in [6.45, 7) is 10.1. The van der Waals surface area contributed by atoms with Crippen molar-refractivity contribution < 1.29 is 4.74 Å². The van der Waals surface area contributed by atoms with E-state index < -0.39 is 0 Å². The molecule has 1 aliphatic heterocycles. The summed E-state index contributed by atoms with van der Waals surface area (Å²) in [5, 5.41) is 0.740. The average molecular weight is 371 g/mol. The summed E-state index contributed by atoms with van der Waals surface area (Å²) < 4.78 is 5.18. The van der Waals surface area contributed by atoms with Crippen molar-refractivity contribution in [2.24, 2.45) is 4.99 Å². The van der Waals surface area contributed by atoms with Crippen LogP contribution in [0.15, 0.2) is 41.4 Å². The van der Waals surface area contributed by atoms with Crippen LogP contribution in [-0.4, -0.2) is 25.4 Å². The molecule has 2 aromatic carbocycles. The molecule has 0 bridgehead atoms. The Balaban J connectivity index is 1.95. The predicted octanol–water partition coefficient (Wildman–Crippen LogP) is 6.21. The Morgan fingerprint density at radius 1 is 1.27 bits per heavy atom. The molecule has 0 fully saturated rings. The van der Waals surface area contributed by atoms with Gasteiger partial charge in [0.05, 0.1) is 17.8 Å². The molecule has 2 aromatic rings. The van der Waals surface area contributed by atoms with Gasteiger partial charge in [0, 0.05) is 29.5 Å². The zero-order valence-corrected chi connectivity index (χ0v) is 17.0. The Labute approximate surface area is 161 Å². The molecule has 3 rings (SSSR count). The molecule has 0 aliphatic carbocycles. The lowest BCUT2D eigenvalue weighted by molar-refractivity contribution is 0.381. The Morgan fingerprint density at radius 2 is 1.96 bits per heavy atom. The van der Waals surface area contributed by atoms with E-state index in [4.69, 9.17) is 16.3 Å². The van der Waals surface area contributed by atoms with Crippen molar-refractivity contribution in [2.75, 3.05) is 18.6 Å². The summed E-state index contributed by atoms with van der Waals surface area (Å²) in [6, 6.07) is 12.0. The predicted molar refractivity (Wildman–Crippen MR) is 112 cm³/mol. The maximum Gasteiger partial charge on any atom is 0.119 e. The summed E-state index contributed by atoms with van der Waals surface area (Å²) in [7, 11) is 1.66. The fourth-order valence-corrected chi connectivity index (χ4v) is 4.24. The fraction of sp³-hybridized carbons (Fsp3) is 0.409. The third kappa shape index (κ3) is 3.59. The number of aliphatic imine (C=N–C) groups is 1. The first kappa shape index (κ1) is 18.8. The van der Waals surface area contributed by atoms with Crippen LogP contribution >= 0.6 is 11.6 Å². The van der Waals surface area contributed by atoms with Crippen LogP contribution in [0.2, 0.25) is 5.02 Å². The molecule has 3 nitrogen and oxygen atoms in total. The van der Waals surface area contributed by atoms with Crippen molar-refractivity contribution in [3.8, 4) is 5.75 Å². The van der Waals surface area contributed by atoms with Crippen LogP contribution in [0.3, 0.4) is 0 Å². The van der Waals surface area contributed by atoms with Gasteiger partial charge in [-0.15, -0.1) is 0 Å². The molecule has 0 saturated carbocycles. The van der Waals surface area contributed by atoms with Crippen LogP contribution in [0.1, 0.15) is 51.2 Å². The minimum atomic E-state index is 0.142. The summed E-state index contributed by atoms with van der Waals surface area (Å²) in [6.07, 6.45) is 2.98. The van der Waals surface area contributed by atoms with Gasteiger partial charge in [-0.25, -0.2) is 0 Å². The van der Waals surface area contributed by atoms with Gasteiger partial charge >= 0.3 is 0 Å². The van der Waals surface area contributed by atoms with Gasteiger partial charge < -0.3 is 9.64 Å². The Kier molecular flexibility index (Phi) is 5.29. The molecule has 0 amide bonds. The second-order valence-corrected chi connectivity index (χ2v) is 7.96. The normalized spacial score (nSPS) is 18.8. The molecule has 0 spiro atoms. The number of nitrogens with zero attached hydrogens (tertiary/aromatic N) is 2. The third-order valence-corrected chi connectivity index (χ3v) is 5.57. The van der Waals surface area contributed by atoms with Gasteiger partial charge in [0.2, 0.25) is 0 Å². The Hall–Kier alpha value is -2.00. The third-order valence-electron chi connectivity index (χ3n) is 5.25. The number of rotatable bonds is 4. The average Bonchev–Trinajstić information content (AvgIpc) is 2.60. The van der Waals surface area contributed by atoms with Gasteiger partial charge in [-0.2, -0.15) is 0 Å². The molecule has 0 saturated heterocycles. The van der Waals surface area contributed by atoms with Crippen LogP contribution < -0.4 is 9.64 Å². The monoisotopic (exact) mass is 370 g/mol. The summed E-state index contributed by atoms with van der Waals surface area (Å²) in [5.41, 5.74) is 4.59. The lowest BCUT2D eigenvalue weighted by Gasteiger charge is -2.47. The molecule has 0 radical (unpaired) electrons. The molecular formula is C22H27ClN2O. The first-order chi connectivity index (χ1) is 12.4. The van der Waals surface area contributed by atoms with Gasteiger partial charge in [-0.3, -0.25) is 4.99 Å². The number of halogens is 1. The van der Waals surface area contributed by atoms with Gasteiger partial charge in [-0.1, -0.05) is 18.5 Å². The van der Waals surface area contributed by atoms with Crippen LogP contribution in [0, 0.1) is 0 Å². The van der Waals surface area contributed by atoms with Crippen LogP contribution in [0.25, 0.3) is 0 Å². The highest BCUT2D eigenvalue weighted by molar-refractivity contribution is 6.33. The minimum absolute atomic E-state index is 0.142. The number of fused-ring (bicyclic) bond motifs is 1. The molecule has 4 heteroatoms. The van der Waals surface area contributed by atoms with E-state index in [0.717, 1.165) is 35.0 Å². The minimum Gasteiger partial charge on any atom is -0.497 e. The second kappa shape index (κ2) is 7.32. The first-order valence-electron chi connectivity index (χ1n) is 9.15. The molecular weight excluding hydrogens is 344 g/mol. The van der Waals surface area contributed by atoms with E-state index in [1.807, 2.05) is 30.5 Å². The molecule has 1 unspecified atom stereocenters. The SMILES string of the molecule is CCN1c2cc(Cl)c(C=Nc3ccc(OC)cc3)cc2C(C)CC1(C)C. The van der Waals surface area contributed by atoms with Crippen LogP contribution in [0.5, 0.6) is 5.75 Å². The maximum atomic E-state index is 6.60. The van der Waals surface area contributed by atoms with E-state index in [1.165, 1.54) is 11.3 Å². The van der Waals surface area contributed by atoms with Crippen molar-refractivity contribution in [3.63, 3.8) is 0 Å². The van der Waals surface area contributed by atoms with E-state index >= 15 is 0 Å². The molecule has 1 heterocycles. The Bertz CT molecular complexity index is 812. The largest absolute Gasteiger partial charge is 0.497 e. The fourth-order valence-electron chi connectivity index (χ4n) is 4.03. The lowest BCUT2D eigenvalue weighted by atomic mass is 9.79. The highest BCUT2D eigenvalue weighted by atomic mass is 35.5. The highest BCUT2D eigenvalue weighted by Crippen LogP contribution is 2.44. The zero-order valence-electron chi connectivity index (χ0n) is 16.2. The van der Waals surface area contributed by atoms with Crippen molar-refractivity contribution >= 4 is 29.2 Å². The van der Waals surface area contributed by atoms with Gasteiger partial charge in [0.25, 0.3) is 0 Å². The molecule has 0 N–H and O–H groups in total. The van der Waals surface area contributed by atoms with E-state index in [1.54, 1.807) is 7.11 Å². The maximum absolute atomic E-state index is 6.60. The highest BCUT2D eigenvalue weighted by Gasteiger charge is 2.35. The van der Waals surface area contributed by atoms with Crippen molar-refractivity contribution in [1.82, 2.24) is 0 Å². The summed E-state index contributed by atoms with van der Waals surface area (Å²) in [5.74, 6) is 1.32. The van der Waals surface area contributed by atoms with Crippen molar-refractivity contribution in [3.05, 3.63) is 52.5 Å². The van der Waals surface area contributed by atoms with Crippen molar-refractivity contribution in [2.45, 2.75) is 45.6 Å².